The largest absolute Gasteiger partial charge is 0.437 e. The maximum Gasteiger partial charge on any atom is 0.246 e. The Morgan fingerprint density at radius 1 is 1.33 bits per heavy atom. The third-order valence-electron chi connectivity index (χ3n) is 2.79. The molecule has 4 nitrogen and oxygen atoms in total. The third kappa shape index (κ3) is 2.96. The molecule has 0 N–H and O–H groups in total. The van der Waals surface area contributed by atoms with Gasteiger partial charge in [-0.25, -0.2) is 0 Å². The normalized spacial score (nSPS) is 12.2. The molecule has 0 saturated heterocycles. The number of benzene rings is 1. The monoisotopic (exact) mass is 263 g/mol. The quantitative estimate of drug-likeness (QED) is 0.841. The highest BCUT2D eigenvalue weighted by Crippen LogP contribution is 2.31. The van der Waals surface area contributed by atoms with E-state index >= 15 is 0 Å². The number of hydrogen-bond acceptors (Lipinski definition) is 4. The minimum Gasteiger partial charge on any atom is -0.437 e. The van der Waals surface area contributed by atoms with Crippen molar-refractivity contribution >= 4 is 11.6 Å². The molecule has 0 bridgehead atoms. The van der Waals surface area contributed by atoms with Crippen LogP contribution in [0.5, 0.6) is 11.6 Å². The van der Waals surface area contributed by atoms with Gasteiger partial charge in [0.05, 0.1) is 0 Å². The molecule has 0 fully saturated rings. The van der Waals surface area contributed by atoms with Gasteiger partial charge in [0.25, 0.3) is 0 Å². The Hall–Kier alpha value is -1.68. The van der Waals surface area contributed by atoms with E-state index in [-0.39, 0.29) is 5.28 Å². The molecule has 0 spiro atoms. The van der Waals surface area contributed by atoms with Crippen LogP contribution in [0, 0.1) is 0 Å². The van der Waals surface area contributed by atoms with Gasteiger partial charge in [0, 0.05) is 0 Å². The summed E-state index contributed by atoms with van der Waals surface area (Å²) in [4.78, 5) is 3.96. The summed E-state index contributed by atoms with van der Waals surface area (Å²) in [6.07, 6.45) is 2.49. The molecule has 18 heavy (non-hydrogen) atoms. The van der Waals surface area contributed by atoms with E-state index in [2.05, 4.69) is 35.1 Å². The molecule has 5 heteroatoms. The first-order valence-electron chi connectivity index (χ1n) is 5.82. The van der Waals surface area contributed by atoms with Gasteiger partial charge in [-0.1, -0.05) is 32.0 Å². The first kappa shape index (κ1) is 12.8. The molecule has 2 aromatic rings. The van der Waals surface area contributed by atoms with E-state index in [1.807, 2.05) is 18.2 Å². The fraction of sp³-hybridized carbons (Fsp3) is 0.308. The van der Waals surface area contributed by atoms with Gasteiger partial charge in [-0.15, -0.1) is 5.10 Å². The highest BCUT2D eigenvalue weighted by Gasteiger charge is 2.11. The smallest absolute Gasteiger partial charge is 0.246 e. The van der Waals surface area contributed by atoms with Crippen molar-refractivity contribution in [1.82, 2.24) is 15.2 Å². The van der Waals surface area contributed by atoms with E-state index in [1.54, 1.807) is 0 Å². The van der Waals surface area contributed by atoms with Crippen LogP contribution in [0.25, 0.3) is 0 Å². The predicted molar refractivity (Wildman–Crippen MR) is 70.1 cm³/mol. The number of halogens is 1. The van der Waals surface area contributed by atoms with E-state index in [0.29, 0.717) is 11.8 Å². The molecule has 2 rings (SSSR count). The van der Waals surface area contributed by atoms with Crippen LogP contribution in [0.1, 0.15) is 31.7 Å². The van der Waals surface area contributed by atoms with Crippen molar-refractivity contribution in [3.05, 3.63) is 41.3 Å². The van der Waals surface area contributed by atoms with Crippen molar-refractivity contribution in [2.45, 2.75) is 26.2 Å². The summed E-state index contributed by atoms with van der Waals surface area (Å²) >= 11 is 5.68. The van der Waals surface area contributed by atoms with Gasteiger partial charge in [0.1, 0.15) is 11.9 Å². The summed E-state index contributed by atoms with van der Waals surface area (Å²) in [5.74, 6) is 1.56. The number of para-hydroxylation sites is 1. The van der Waals surface area contributed by atoms with E-state index in [0.717, 1.165) is 17.7 Å². The van der Waals surface area contributed by atoms with Crippen LogP contribution in [0.3, 0.4) is 0 Å². The molecule has 1 unspecified atom stereocenters. The molecule has 0 amide bonds. The number of aromatic nitrogens is 3. The van der Waals surface area contributed by atoms with Crippen LogP contribution in [-0.4, -0.2) is 15.2 Å². The zero-order valence-corrected chi connectivity index (χ0v) is 11.1. The second-order valence-corrected chi connectivity index (χ2v) is 4.35. The first-order chi connectivity index (χ1) is 8.70. The topological polar surface area (TPSA) is 47.9 Å². The first-order valence-corrected chi connectivity index (χ1v) is 6.20. The summed E-state index contributed by atoms with van der Waals surface area (Å²) in [6, 6.07) is 7.90. The zero-order chi connectivity index (χ0) is 13.0. The van der Waals surface area contributed by atoms with Crippen molar-refractivity contribution in [2.75, 3.05) is 0 Å². The molecule has 1 aromatic carbocycles. The zero-order valence-electron chi connectivity index (χ0n) is 10.3. The summed E-state index contributed by atoms with van der Waals surface area (Å²) < 4.78 is 5.72. The SMILES string of the molecule is CCC(C)c1ccccc1Oc1cnnc(Cl)n1. The van der Waals surface area contributed by atoms with Crippen molar-refractivity contribution in [2.24, 2.45) is 0 Å². The Labute approximate surface area is 111 Å². The summed E-state index contributed by atoms with van der Waals surface area (Å²) in [5.41, 5.74) is 1.15. The van der Waals surface area contributed by atoms with Crippen molar-refractivity contribution in [3.63, 3.8) is 0 Å². The average molecular weight is 264 g/mol. The lowest BCUT2D eigenvalue weighted by molar-refractivity contribution is 0.447. The Morgan fingerprint density at radius 2 is 2.11 bits per heavy atom. The molecule has 0 aliphatic carbocycles. The average Bonchev–Trinajstić information content (AvgIpc) is 2.38. The van der Waals surface area contributed by atoms with E-state index in [4.69, 9.17) is 16.3 Å². The molecule has 0 saturated carbocycles. The Kier molecular flexibility index (Phi) is 4.10. The summed E-state index contributed by atoms with van der Waals surface area (Å²) in [5, 5.41) is 7.36. The second kappa shape index (κ2) is 5.78. The number of nitrogens with zero attached hydrogens (tertiary/aromatic N) is 3. The molecule has 0 aliphatic heterocycles. The van der Waals surface area contributed by atoms with E-state index in [1.165, 1.54) is 6.20 Å². The minimum atomic E-state index is 0.0773. The van der Waals surface area contributed by atoms with Crippen molar-refractivity contribution in [1.29, 1.82) is 0 Å². The predicted octanol–water partition coefficient (Wildman–Crippen LogP) is 3.83. The Balaban J connectivity index is 2.29. The fourth-order valence-electron chi connectivity index (χ4n) is 1.63. The molecular weight excluding hydrogens is 250 g/mol. The molecular formula is C13H14ClN3O. The standard InChI is InChI=1S/C13H14ClN3O/c1-3-9(2)10-6-4-5-7-11(10)18-12-8-15-17-13(14)16-12/h4-9H,3H2,1-2H3. The fourth-order valence-corrected chi connectivity index (χ4v) is 1.76. The maximum atomic E-state index is 5.72. The number of ether oxygens (including phenoxy) is 1. The molecule has 1 atom stereocenters. The Bertz CT molecular complexity index is 533. The lowest BCUT2D eigenvalue weighted by atomic mass is 9.98. The molecule has 94 valence electrons. The maximum absolute atomic E-state index is 5.72. The summed E-state index contributed by atoms with van der Waals surface area (Å²) in [6.45, 7) is 4.30. The van der Waals surface area contributed by atoms with Crippen LogP contribution in [0.15, 0.2) is 30.5 Å². The van der Waals surface area contributed by atoms with Gasteiger partial charge in [-0.05, 0) is 35.6 Å². The van der Waals surface area contributed by atoms with Gasteiger partial charge in [0.2, 0.25) is 11.2 Å². The highest BCUT2D eigenvalue weighted by molar-refractivity contribution is 6.28. The lowest BCUT2D eigenvalue weighted by Gasteiger charge is -2.14. The molecule has 0 aliphatic rings. The molecule has 0 radical (unpaired) electrons. The molecule has 1 heterocycles. The van der Waals surface area contributed by atoms with Crippen molar-refractivity contribution < 1.29 is 4.74 Å². The van der Waals surface area contributed by atoms with Crippen LogP contribution in [0.4, 0.5) is 0 Å². The van der Waals surface area contributed by atoms with Crippen molar-refractivity contribution in [3.8, 4) is 11.6 Å². The highest BCUT2D eigenvalue weighted by atomic mass is 35.5. The van der Waals surface area contributed by atoms with Crippen LogP contribution in [-0.2, 0) is 0 Å². The van der Waals surface area contributed by atoms with Crippen LogP contribution in [0.2, 0.25) is 5.28 Å². The number of hydrogen-bond donors (Lipinski definition) is 0. The van der Waals surface area contributed by atoms with Gasteiger partial charge < -0.3 is 4.74 Å². The van der Waals surface area contributed by atoms with E-state index < -0.39 is 0 Å². The van der Waals surface area contributed by atoms with Gasteiger partial charge in [0.15, 0.2) is 0 Å². The van der Waals surface area contributed by atoms with Crippen LogP contribution < -0.4 is 4.74 Å². The summed E-state index contributed by atoms with van der Waals surface area (Å²) in [7, 11) is 0. The van der Waals surface area contributed by atoms with Gasteiger partial charge in [-0.2, -0.15) is 10.1 Å². The number of rotatable bonds is 4. The molecule has 1 aromatic heterocycles. The lowest BCUT2D eigenvalue weighted by Crippen LogP contribution is -1.98. The minimum absolute atomic E-state index is 0.0773. The van der Waals surface area contributed by atoms with Crippen LogP contribution >= 0.6 is 11.6 Å². The third-order valence-corrected chi connectivity index (χ3v) is 2.95. The van der Waals surface area contributed by atoms with Gasteiger partial charge in [-0.3, -0.25) is 0 Å². The Morgan fingerprint density at radius 3 is 2.83 bits per heavy atom. The second-order valence-electron chi connectivity index (χ2n) is 4.01. The van der Waals surface area contributed by atoms with E-state index in [9.17, 15) is 0 Å². The van der Waals surface area contributed by atoms with Gasteiger partial charge >= 0.3 is 0 Å².